The first-order valence-electron chi connectivity index (χ1n) is 6.55. The van der Waals surface area contributed by atoms with Gasteiger partial charge in [0.2, 0.25) is 5.78 Å². The summed E-state index contributed by atoms with van der Waals surface area (Å²) in [6.45, 7) is 5.15. The Kier molecular flexibility index (Phi) is 5.50. The van der Waals surface area contributed by atoms with Crippen LogP contribution < -0.4 is 10.1 Å². The second kappa shape index (κ2) is 6.93. The summed E-state index contributed by atoms with van der Waals surface area (Å²) in [4.78, 5) is 33.8. The monoisotopic (exact) mass is 309 g/mol. The van der Waals surface area contributed by atoms with E-state index in [0.717, 1.165) is 0 Å². The van der Waals surface area contributed by atoms with E-state index in [1.54, 1.807) is 26.8 Å². The molecule has 0 atom stereocenters. The van der Waals surface area contributed by atoms with Gasteiger partial charge in [0.25, 0.3) is 0 Å². The average molecular weight is 309 g/mol. The third-order valence-electron chi connectivity index (χ3n) is 2.54. The number of carboxylic acid groups (broad SMARTS) is 1. The molecule has 0 spiro atoms. The summed E-state index contributed by atoms with van der Waals surface area (Å²) in [6.07, 6.45) is -1.05. The number of hydrogen-bond acceptors (Lipinski definition) is 5. The molecule has 0 fully saturated rings. The molecule has 22 heavy (non-hydrogen) atoms. The summed E-state index contributed by atoms with van der Waals surface area (Å²) in [5.41, 5.74) is -0.0535. The molecule has 1 aromatic rings. The van der Waals surface area contributed by atoms with Gasteiger partial charge >= 0.3 is 12.1 Å². The number of aliphatic carboxylic acids is 1. The van der Waals surface area contributed by atoms with Crippen LogP contribution in [0.4, 0.5) is 10.5 Å². The molecule has 2 N–H and O–H groups in total. The van der Waals surface area contributed by atoms with Crippen molar-refractivity contribution in [1.82, 2.24) is 0 Å². The van der Waals surface area contributed by atoms with Gasteiger partial charge in [0, 0.05) is 12.5 Å². The first kappa shape index (κ1) is 17.5. The molecular formula is C15H19NO6. The van der Waals surface area contributed by atoms with Crippen molar-refractivity contribution in [2.75, 3.05) is 12.4 Å². The molecule has 7 nitrogen and oxygen atoms in total. The Hall–Kier alpha value is -2.57. The zero-order valence-corrected chi connectivity index (χ0v) is 12.9. The Morgan fingerprint density at radius 3 is 2.36 bits per heavy atom. The lowest BCUT2D eigenvalue weighted by atomic mass is 10.1. The third-order valence-corrected chi connectivity index (χ3v) is 2.54. The van der Waals surface area contributed by atoms with Gasteiger partial charge in [0.05, 0.1) is 12.8 Å². The fourth-order valence-electron chi connectivity index (χ4n) is 1.62. The Morgan fingerprint density at radius 2 is 1.86 bits per heavy atom. The van der Waals surface area contributed by atoms with Gasteiger partial charge in [-0.2, -0.15) is 0 Å². The smallest absolute Gasteiger partial charge is 0.412 e. The number of carbonyl (C=O) groups is 3. The maximum Gasteiger partial charge on any atom is 0.412 e. The number of hydrogen-bond donors (Lipinski definition) is 2. The number of Topliss-reactive ketones (excluding diaryl/α,β-unsaturated/α-hetero) is 1. The predicted molar refractivity (Wildman–Crippen MR) is 79.2 cm³/mol. The van der Waals surface area contributed by atoms with Crippen LogP contribution in [0.15, 0.2) is 18.2 Å². The summed E-state index contributed by atoms with van der Waals surface area (Å²) >= 11 is 0. The Balaban J connectivity index is 3.01. The number of nitrogens with one attached hydrogen (secondary N) is 1. The molecule has 0 aromatic heterocycles. The summed E-state index contributed by atoms with van der Waals surface area (Å²) < 4.78 is 10.2. The van der Waals surface area contributed by atoms with E-state index in [2.05, 4.69) is 5.32 Å². The molecular weight excluding hydrogens is 290 g/mol. The summed E-state index contributed by atoms with van der Waals surface area (Å²) in [5.74, 6) is -2.05. The number of methoxy groups -OCH3 is 1. The summed E-state index contributed by atoms with van der Waals surface area (Å²) in [7, 11) is 1.45. The normalized spacial score (nSPS) is 10.7. The maximum absolute atomic E-state index is 11.8. The number of carbonyl (C=O) groups excluding carboxylic acids is 2. The summed E-state index contributed by atoms with van der Waals surface area (Å²) in [6, 6.07) is 4.59. The molecule has 0 saturated carbocycles. The van der Waals surface area contributed by atoms with Crippen LogP contribution in [0, 0.1) is 0 Å². The second-order valence-corrected chi connectivity index (χ2v) is 5.56. The van der Waals surface area contributed by atoms with Crippen LogP contribution in [0.2, 0.25) is 0 Å². The van der Waals surface area contributed by atoms with E-state index in [-0.39, 0.29) is 12.1 Å². The molecule has 0 unspecified atom stereocenters. The van der Waals surface area contributed by atoms with E-state index in [9.17, 15) is 14.4 Å². The molecule has 0 aliphatic rings. The number of rotatable bonds is 5. The van der Waals surface area contributed by atoms with Crippen molar-refractivity contribution in [3.05, 3.63) is 23.8 Å². The predicted octanol–water partition coefficient (Wildman–Crippen LogP) is 2.24. The van der Waals surface area contributed by atoms with Gasteiger partial charge in [0.15, 0.2) is 0 Å². The van der Waals surface area contributed by atoms with Crippen molar-refractivity contribution in [3.63, 3.8) is 0 Å². The van der Waals surface area contributed by atoms with Crippen molar-refractivity contribution < 1.29 is 29.0 Å². The molecule has 0 saturated heterocycles. The molecule has 0 bridgehead atoms. The van der Waals surface area contributed by atoms with Crippen molar-refractivity contribution in [2.45, 2.75) is 32.8 Å². The highest BCUT2D eigenvalue weighted by Crippen LogP contribution is 2.24. The van der Waals surface area contributed by atoms with Crippen LogP contribution in [0.1, 0.15) is 26.3 Å². The van der Waals surface area contributed by atoms with Gasteiger partial charge in [-0.25, -0.2) is 9.59 Å². The molecule has 0 aliphatic heterocycles. The minimum atomic E-state index is -1.53. The Morgan fingerprint density at radius 1 is 1.23 bits per heavy atom. The Labute approximate surface area is 128 Å². The average Bonchev–Trinajstić information content (AvgIpc) is 2.38. The highest BCUT2D eigenvalue weighted by atomic mass is 16.6. The first-order chi connectivity index (χ1) is 10.1. The number of benzene rings is 1. The number of amides is 1. The topological polar surface area (TPSA) is 102 Å². The molecule has 1 aromatic carbocycles. The van der Waals surface area contributed by atoms with Crippen molar-refractivity contribution in [1.29, 1.82) is 0 Å². The van der Waals surface area contributed by atoms with Crippen LogP contribution >= 0.6 is 0 Å². The van der Waals surface area contributed by atoms with Gasteiger partial charge in [-0.05, 0) is 32.4 Å². The standard InChI is InChI=1S/C15H19NO6/c1-15(2,3)22-14(20)16-11-8-10(21-4)6-5-9(11)7-12(17)13(18)19/h5-6,8H,7H2,1-4H3,(H,16,20)(H,18,19). The van der Waals surface area contributed by atoms with E-state index in [1.165, 1.54) is 19.2 Å². The van der Waals surface area contributed by atoms with E-state index in [0.29, 0.717) is 11.3 Å². The second-order valence-electron chi connectivity index (χ2n) is 5.56. The van der Waals surface area contributed by atoms with Crippen LogP contribution in [0.25, 0.3) is 0 Å². The molecule has 1 amide bonds. The lowest BCUT2D eigenvalue weighted by Gasteiger charge is -2.20. The van der Waals surface area contributed by atoms with E-state index >= 15 is 0 Å². The fraction of sp³-hybridized carbons (Fsp3) is 0.400. The van der Waals surface area contributed by atoms with Gasteiger partial charge < -0.3 is 14.6 Å². The van der Waals surface area contributed by atoms with Gasteiger partial charge in [0.1, 0.15) is 11.4 Å². The molecule has 7 heteroatoms. The van der Waals surface area contributed by atoms with E-state index < -0.39 is 23.4 Å². The maximum atomic E-state index is 11.8. The van der Waals surface area contributed by atoms with E-state index in [1.807, 2.05) is 0 Å². The molecule has 0 heterocycles. The van der Waals surface area contributed by atoms with Gasteiger partial charge in [-0.1, -0.05) is 6.07 Å². The lowest BCUT2D eigenvalue weighted by molar-refractivity contribution is -0.148. The molecule has 0 radical (unpaired) electrons. The zero-order valence-electron chi connectivity index (χ0n) is 12.9. The van der Waals surface area contributed by atoms with Crippen molar-refractivity contribution >= 4 is 23.5 Å². The highest BCUT2D eigenvalue weighted by Gasteiger charge is 2.19. The Bertz CT molecular complexity index is 588. The largest absolute Gasteiger partial charge is 0.497 e. The molecule has 0 aliphatic carbocycles. The highest BCUT2D eigenvalue weighted by molar-refractivity contribution is 6.33. The van der Waals surface area contributed by atoms with E-state index in [4.69, 9.17) is 14.6 Å². The van der Waals surface area contributed by atoms with Crippen molar-refractivity contribution in [3.8, 4) is 5.75 Å². The quantitative estimate of drug-likeness (QED) is 0.809. The van der Waals surface area contributed by atoms with Crippen LogP contribution in [-0.4, -0.2) is 35.7 Å². The SMILES string of the molecule is COc1ccc(CC(=O)C(=O)O)c(NC(=O)OC(C)(C)C)c1. The van der Waals surface area contributed by atoms with Crippen LogP contribution in [0.3, 0.4) is 0 Å². The molecule has 1 rings (SSSR count). The minimum Gasteiger partial charge on any atom is -0.497 e. The van der Waals surface area contributed by atoms with Gasteiger partial charge in [-0.15, -0.1) is 0 Å². The zero-order chi connectivity index (χ0) is 16.9. The lowest BCUT2D eigenvalue weighted by Crippen LogP contribution is -2.27. The number of ether oxygens (including phenoxy) is 2. The summed E-state index contributed by atoms with van der Waals surface area (Å²) in [5, 5.41) is 11.2. The minimum absolute atomic E-state index is 0.267. The van der Waals surface area contributed by atoms with Crippen molar-refractivity contribution in [2.24, 2.45) is 0 Å². The fourth-order valence-corrected chi connectivity index (χ4v) is 1.62. The number of ketones is 1. The number of anilines is 1. The molecule has 120 valence electrons. The third kappa shape index (κ3) is 5.43. The van der Waals surface area contributed by atoms with Crippen LogP contribution in [0.5, 0.6) is 5.75 Å². The first-order valence-corrected chi connectivity index (χ1v) is 6.55. The van der Waals surface area contributed by atoms with Crippen LogP contribution in [-0.2, 0) is 20.7 Å². The van der Waals surface area contributed by atoms with Gasteiger partial charge in [-0.3, -0.25) is 10.1 Å². The number of carboxylic acids is 1.